The van der Waals surface area contributed by atoms with Gasteiger partial charge in [-0.25, -0.2) is 4.98 Å². The Morgan fingerprint density at radius 1 is 1.39 bits per heavy atom. The van der Waals surface area contributed by atoms with E-state index in [-0.39, 0.29) is 6.04 Å². The van der Waals surface area contributed by atoms with Crippen molar-refractivity contribution in [2.24, 2.45) is 0 Å². The highest BCUT2D eigenvalue weighted by Gasteiger charge is 2.12. The van der Waals surface area contributed by atoms with E-state index in [9.17, 15) is 0 Å². The molecule has 18 heavy (non-hydrogen) atoms. The van der Waals surface area contributed by atoms with E-state index in [4.69, 9.17) is 6.42 Å². The molecule has 1 unspecified atom stereocenters. The summed E-state index contributed by atoms with van der Waals surface area (Å²) < 4.78 is 0. The standard InChI is InChI=1S/C15H16N2S/c1-5-13-7-6-8-14(9-13)17-11(3)15-10(2)16-12(4)18-15/h1,6-9,11,17H,2-4H3. The molecular formula is C15H16N2S. The number of hydrogen-bond acceptors (Lipinski definition) is 3. The van der Waals surface area contributed by atoms with E-state index in [1.165, 1.54) is 4.88 Å². The third-order valence-electron chi connectivity index (χ3n) is 2.75. The van der Waals surface area contributed by atoms with Crippen LogP contribution in [0.2, 0.25) is 0 Å². The van der Waals surface area contributed by atoms with Crippen LogP contribution in [0.5, 0.6) is 0 Å². The Morgan fingerprint density at radius 3 is 2.78 bits per heavy atom. The maximum atomic E-state index is 5.40. The Morgan fingerprint density at radius 2 is 2.17 bits per heavy atom. The molecule has 0 radical (unpaired) electrons. The molecule has 0 saturated carbocycles. The Bertz CT molecular complexity index is 593. The SMILES string of the molecule is C#Cc1cccc(NC(C)c2sc(C)nc2C)c1. The van der Waals surface area contributed by atoms with Gasteiger partial charge in [-0.05, 0) is 39.0 Å². The number of thiazole rings is 1. The van der Waals surface area contributed by atoms with Crippen molar-refractivity contribution in [2.45, 2.75) is 26.8 Å². The third kappa shape index (κ3) is 2.72. The molecule has 0 amide bonds. The van der Waals surface area contributed by atoms with E-state index < -0.39 is 0 Å². The Kier molecular flexibility index (Phi) is 3.69. The van der Waals surface area contributed by atoms with Crippen molar-refractivity contribution in [3.05, 3.63) is 45.4 Å². The fourth-order valence-corrected chi connectivity index (χ4v) is 2.89. The second-order valence-electron chi connectivity index (χ2n) is 4.27. The molecule has 2 rings (SSSR count). The summed E-state index contributed by atoms with van der Waals surface area (Å²) in [5, 5.41) is 4.57. The lowest BCUT2D eigenvalue weighted by Crippen LogP contribution is -2.06. The molecule has 0 fully saturated rings. The predicted octanol–water partition coefficient (Wildman–Crippen LogP) is 3.91. The summed E-state index contributed by atoms with van der Waals surface area (Å²) in [5.41, 5.74) is 3.04. The van der Waals surface area contributed by atoms with E-state index in [0.29, 0.717) is 0 Å². The second kappa shape index (κ2) is 5.24. The summed E-state index contributed by atoms with van der Waals surface area (Å²) in [4.78, 5) is 5.73. The predicted molar refractivity (Wildman–Crippen MR) is 78.0 cm³/mol. The zero-order valence-electron chi connectivity index (χ0n) is 10.8. The number of nitrogens with zero attached hydrogens (tertiary/aromatic N) is 1. The zero-order valence-corrected chi connectivity index (χ0v) is 11.6. The Hall–Kier alpha value is -1.79. The average molecular weight is 256 g/mol. The summed E-state index contributed by atoms with van der Waals surface area (Å²) in [6.45, 7) is 6.23. The highest BCUT2D eigenvalue weighted by atomic mass is 32.1. The number of benzene rings is 1. The van der Waals surface area contributed by atoms with Gasteiger partial charge in [0.15, 0.2) is 0 Å². The first-order chi connectivity index (χ1) is 8.60. The fraction of sp³-hybridized carbons (Fsp3) is 0.267. The van der Waals surface area contributed by atoms with Crippen LogP contribution in [0.4, 0.5) is 5.69 Å². The molecule has 92 valence electrons. The van der Waals surface area contributed by atoms with Crippen molar-refractivity contribution in [2.75, 3.05) is 5.32 Å². The van der Waals surface area contributed by atoms with Gasteiger partial charge in [-0.1, -0.05) is 12.0 Å². The molecule has 1 N–H and O–H groups in total. The first kappa shape index (κ1) is 12.7. The highest BCUT2D eigenvalue weighted by molar-refractivity contribution is 7.11. The molecule has 1 heterocycles. The number of aromatic nitrogens is 1. The third-order valence-corrected chi connectivity index (χ3v) is 4.00. The number of rotatable bonds is 3. The molecule has 0 aliphatic rings. The van der Waals surface area contributed by atoms with Crippen LogP contribution in [-0.2, 0) is 0 Å². The molecular weight excluding hydrogens is 240 g/mol. The van der Waals surface area contributed by atoms with Crippen LogP contribution in [0, 0.1) is 26.2 Å². The molecule has 1 atom stereocenters. The van der Waals surface area contributed by atoms with Crippen molar-refractivity contribution in [3.8, 4) is 12.3 Å². The lowest BCUT2D eigenvalue weighted by Gasteiger charge is -2.14. The second-order valence-corrected chi connectivity index (χ2v) is 5.51. The lowest BCUT2D eigenvalue weighted by atomic mass is 10.2. The van der Waals surface area contributed by atoms with E-state index in [1.807, 2.05) is 31.2 Å². The van der Waals surface area contributed by atoms with Gasteiger partial charge in [0.05, 0.1) is 16.7 Å². The quantitative estimate of drug-likeness (QED) is 0.842. The number of anilines is 1. The number of hydrogen-bond donors (Lipinski definition) is 1. The van der Waals surface area contributed by atoms with Crippen molar-refractivity contribution in [1.29, 1.82) is 0 Å². The van der Waals surface area contributed by atoms with E-state index in [0.717, 1.165) is 22.0 Å². The molecule has 0 aliphatic carbocycles. The molecule has 1 aromatic heterocycles. The summed E-state index contributed by atoms with van der Waals surface area (Å²) in [6, 6.07) is 8.15. The van der Waals surface area contributed by atoms with Crippen molar-refractivity contribution in [1.82, 2.24) is 4.98 Å². The smallest absolute Gasteiger partial charge is 0.0900 e. The molecule has 0 spiro atoms. The lowest BCUT2D eigenvalue weighted by molar-refractivity contribution is 0.890. The summed E-state index contributed by atoms with van der Waals surface area (Å²) in [5.74, 6) is 2.65. The van der Waals surface area contributed by atoms with Crippen LogP contribution in [0.15, 0.2) is 24.3 Å². The summed E-state index contributed by atoms with van der Waals surface area (Å²) >= 11 is 1.74. The van der Waals surface area contributed by atoms with Gasteiger partial charge >= 0.3 is 0 Å². The van der Waals surface area contributed by atoms with Gasteiger partial charge in [-0.15, -0.1) is 17.8 Å². The van der Waals surface area contributed by atoms with Crippen molar-refractivity contribution < 1.29 is 0 Å². The van der Waals surface area contributed by atoms with Gasteiger partial charge in [-0.2, -0.15) is 0 Å². The van der Waals surface area contributed by atoms with Crippen LogP contribution in [0.1, 0.15) is 34.1 Å². The molecule has 0 saturated heterocycles. The van der Waals surface area contributed by atoms with E-state index in [2.05, 4.69) is 30.1 Å². The summed E-state index contributed by atoms with van der Waals surface area (Å²) in [7, 11) is 0. The maximum Gasteiger partial charge on any atom is 0.0900 e. The monoisotopic (exact) mass is 256 g/mol. The summed E-state index contributed by atoms with van der Waals surface area (Å²) in [6.07, 6.45) is 5.40. The molecule has 2 aromatic rings. The molecule has 3 heteroatoms. The highest BCUT2D eigenvalue weighted by Crippen LogP contribution is 2.27. The van der Waals surface area contributed by atoms with Crippen molar-refractivity contribution in [3.63, 3.8) is 0 Å². The minimum absolute atomic E-state index is 0.240. The maximum absolute atomic E-state index is 5.40. The zero-order chi connectivity index (χ0) is 13.1. The molecule has 0 bridgehead atoms. The first-order valence-corrected chi connectivity index (χ1v) is 6.69. The van der Waals surface area contributed by atoms with E-state index in [1.54, 1.807) is 11.3 Å². The van der Waals surface area contributed by atoms with Gasteiger partial charge in [0, 0.05) is 16.1 Å². The van der Waals surface area contributed by atoms with Gasteiger partial charge in [0.1, 0.15) is 0 Å². The van der Waals surface area contributed by atoms with Gasteiger partial charge in [-0.3, -0.25) is 0 Å². The number of aryl methyl sites for hydroxylation is 2. The Labute approximate surface area is 112 Å². The minimum Gasteiger partial charge on any atom is -0.378 e. The largest absolute Gasteiger partial charge is 0.378 e. The normalized spacial score (nSPS) is 11.9. The Balaban J connectivity index is 2.18. The number of terminal acetylenes is 1. The van der Waals surface area contributed by atoms with Crippen LogP contribution in [0.3, 0.4) is 0 Å². The van der Waals surface area contributed by atoms with Gasteiger partial charge in [0.25, 0.3) is 0 Å². The molecule has 0 aliphatic heterocycles. The van der Waals surface area contributed by atoms with E-state index >= 15 is 0 Å². The van der Waals surface area contributed by atoms with Crippen LogP contribution >= 0.6 is 11.3 Å². The van der Waals surface area contributed by atoms with Gasteiger partial charge in [0.2, 0.25) is 0 Å². The minimum atomic E-state index is 0.240. The van der Waals surface area contributed by atoms with Crippen molar-refractivity contribution >= 4 is 17.0 Å². The van der Waals surface area contributed by atoms with Crippen LogP contribution in [-0.4, -0.2) is 4.98 Å². The van der Waals surface area contributed by atoms with Gasteiger partial charge < -0.3 is 5.32 Å². The molecule has 2 nitrogen and oxygen atoms in total. The first-order valence-electron chi connectivity index (χ1n) is 5.87. The van der Waals surface area contributed by atoms with Crippen LogP contribution in [0.25, 0.3) is 0 Å². The topological polar surface area (TPSA) is 24.9 Å². The average Bonchev–Trinajstić information content (AvgIpc) is 2.69. The van der Waals surface area contributed by atoms with Crippen LogP contribution < -0.4 is 5.32 Å². The molecule has 1 aromatic carbocycles. The number of nitrogens with one attached hydrogen (secondary N) is 1. The fourth-order valence-electron chi connectivity index (χ4n) is 1.96.